The van der Waals surface area contributed by atoms with Crippen molar-refractivity contribution < 1.29 is 0 Å². The van der Waals surface area contributed by atoms with E-state index in [2.05, 4.69) is 36.5 Å². The highest BCUT2D eigenvalue weighted by atomic mass is 32.1. The maximum atomic E-state index is 6.17. The quantitative estimate of drug-likeness (QED) is 0.463. The number of hydrogen-bond acceptors (Lipinski definition) is 2. The van der Waals surface area contributed by atoms with Crippen LogP contribution in [0.4, 0.5) is 0 Å². The van der Waals surface area contributed by atoms with Crippen LogP contribution in [0.2, 0.25) is 0 Å². The Hall–Kier alpha value is -1.06. The van der Waals surface area contributed by atoms with Gasteiger partial charge in [-0.15, -0.1) is 0 Å². The summed E-state index contributed by atoms with van der Waals surface area (Å²) in [5, 5.41) is 0. The second kappa shape index (κ2) is 7.24. The van der Waals surface area contributed by atoms with Crippen LogP contribution < -0.4 is 5.73 Å². The fraction of sp³-hybridized carbons (Fsp3) is 0.704. The first-order valence-corrected chi connectivity index (χ1v) is 12.9. The van der Waals surface area contributed by atoms with Gasteiger partial charge in [0.1, 0.15) is 4.99 Å². The highest BCUT2D eigenvalue weighted by Gasteiger charge is 2.69. The number of thiocarbonyl (C=S) groups is 1. The monoisotopic (exact) mass is 420 g/mol. The van der Waals surface area contributed by atoms with Crippen LogP contribution in [0.15, 0.2) is 35.3 Å². The zero-order valence-corrected chi connectivity index (χ0v) is 19.0. The second-order valence-electron chi connectivity index (χ2n) is 11.6. The van der Waals surface area contributed by atoms with Crippen LogP contribution in [0.25, 0.3) is 0 Å². The molecule has 0 spiro atoms. The summed E-state index contributed by atoms with van der Waals surface area (Å²) in [7, 11) is 0. The summed E-state index contributed by atoms with van der Waals surface area (Å²) in [6.45, 7) is 0. The molecule has 0 radical (unpaired) electrons. The van der Waals surface area contributed by atoms with Gasteiger partial charge in [-0.25, -0.2) is 0 Å². The lowest BCUT2D eigenvalue weighted by Crippen LogP contribution is -2.37. The van der Waals surface area contributed by atoms with E-state index in [4.69, 9.17) is 22.9 Å². The van der Waals surface area contributed by atoms with E-state index in [9.17, 15) is 0 Å². The molecule has 7 rings (SSSR count). The number of aliphatic imine (C=N–C) groups is 1. The zero-order chi connectivity index (χ0) is 20.3. The lowest BCUT2D eigenvalue weighted by molar-refractivity contribution is 0.151. The van der Waals surface area contributed by atoms with Crippen LogP contribution in [0.1, 0.15) is 76.2 Å². The van der Waals surface area contributed by atoms with Crippen molar-refractivity contribution in [3.63, 3.8) is 0 Å². The van der Waals surface area contributed by atoms with E-state index in [1.807, 2.05) is 0 Å². The number of hydrogen-bond donors (Lipinski definition) is 1. The lowest BCUT2D eigenvalue weighted by atomic mass is 9.61. The summed E-state index contributed by atoms with van der Waals surface area (Å²) >= 11 is 6.17. The van der Waals surface area contributed by atoms with Gasteiger partial charge in [-0.1, -0.05) is 55.4 Å². The standard InChI is InChI=1S/C27H36N2S/c28-22-10-8-19(9-11-22)16-29-25(30)27-14-20-13-26(17-27,21-4-2-1-3-5-21)15-24(27)23(20)12-18-6-7-18/h1-5,16,18-20,22-24H,6-15,17,28H2. The maximum Gasteiger partial charge on any atom is 0.109 e. The summed E-state index contributed by atoms with van der Waals surface area (Å²) in [5.74, 6) is 4.13. The molecule has 5 unspecified atom stereocenters. The Labute approximate surface area is 187 Å². The van der Waals surface area contributed by atoms with E-state index in [0.29, 0.717) is 17.4 Å². The summed E-state index contributed by atoms with van der Waals surface area (Å²) in [6, 6.07) is 11.8. The number of benzene rings is 1. The molecule has 160 valence electrons. The maximum absolute atomic E-state index is 6.17. The van der Waals surface area contributed by atoms with Crippen molar-refractivity contribution in [3.8, 4) is 0 Å². The molecule has 0 amide bonds. The molecular formula is C27H36N2S. The molecule has 2 N–H and O–H groups in total. The molecule has 6 saturated carbocycles. The minimum Gasteiger partial charge on any atom is -0.328 e. The molecule has 0 aromatic heterocycles. The van der Waals surface area contributed by atoms with Crippen LogP contribution in [0, 0.1) is 35.0 Å². The van der Waals surface area contributed by atoms with Gasteiger partial charge in [-0.2, -0.15) is 0 Å². The Balaban J connectivity index is 1.28. The van der Waals surface area contributed by atoms with Crippen molar-refractivity contribution in [1.82, 2.24) is 0 Å². The van der Waals surface area contributed by atoms with Crippen LogP contribution in [0.5, 0.6) is 0 Å². The molecule has 5 atom stereocenters. The number of rotatable bonds is 5. The Morgan fingerprint density at radius 3 is 2.53 bits per heavy atom. The largest absolute Gasteiger partial charge is 0.328 e. The molecule has 4 bridgehead atoms. The van der Waals surface area contributed by atoms with E-state index in [1.165, 1.54) is 57.8 Å². The normalized spacial score (nSPS) is 44.8. The van der Waals surface area contributed by atoms with Gasteiger partial charge in [-0.3, -0.25) is 4.99 Å². The highest BCUT2D eigenvalue weighted by molar-refractivity contribution is 7.80. The molecule has 0 aliphatic heterocycles. The molecule has 6 aliphatic rings. The fourth-order valence-corrected chi connectivity index (χ4v) is 8.55. The third-order valence-electron chi connectivity index (χ3n) is 9.71. The third-order valence-corrected chi connectivity index (χ3v) is 10.2. The van der Waals surface area contributed by atoms with E-state index >= 15 is 0 Å². The SMILES string of the molecule is NC1CCC(C=NC(=S)C23CC4CC(c5ccccc5)(CC2C4CC2CC2)C3)CC1. The molecule has 3 heteroatoms. The molecule has 6 fully saturated rings. The topological polar surface area (TPSA) is 38.4 Å². The summed E-state index contributed by atoms with van der Waals surface area (Å²) < 4.78 is 0. The van der Waals surface area contributed by atoms with E-state index in [1.54, 1.807) is 5.56 Å². The predicted octanol–water partition coefficient (Wildman–Crippen LogP) is 6.08. The van der Waals surface area contributed by atoms with Gasteiger partial charge in [0.2, 0.25) is 0 Å². The van der Waals surface area contributed by atoms with E-state index in [-0.39, 0.29) is 5.41 Å². The summed E-state index contributed by atoms with van der Waals surface area (Å²) in [4.78, 5) is 6.12. The Kier molecular flexibility index (Phi) is 4.73. The first-order chi connectivity index (χ1) is 14.6. The van der Waals surface area contributed by atoms with Gasteiger partial charge >= 0.3 is 0 Å². The van der Waals surface area contributed by atoms with Gasteiger partial charge in [0.05, 0.1) is 0 Å². The lowest BCUT2D eigenvalue weighted by Gasteiger charge is -2.43. The minimum atomic E-state index is 0.190. The van der Waals surface area contributed by atoms with Crippen molar-refractivity contribution >= 4 is 23.4 Å². The van der Waals surface area contributed by atoms with Gasteiger partial charge < -0.3 is 5.73 Å². The fourth-order valence-electron chi connectivity index (χ4n) is 8.18. The van der Waals surface area contributed by atoms with Crippen molar-refractivity contribution in [3.05, 3.63) is 35.9 Å². The summed E-state index contributed by atoms with van der Waals surface area (Å²) in [6.07, 6.45) is 16.6. The van der Waals surface area contributed by atoms with Gasteiger partial charge in [0.15, 0.2) is 0 Å². The Morgan fingerprint density at radius 2 is 1.80 bits per heavy atom. The molecule has 0 saturated heterocycles. The number of nitrogens with zero attached hydrogens (tertiary/aromatic N) is 1. The van der Waals surface area contributed by atoms with Crippen LogP contribution in [0.3, 0.4) is 0 Å². The molecule has 0 heterocycles. The zero-order valence-electron chi connectivity index (χ0n) is 18.1. The molecule has 6 aliphatic carbocycles. The Bertz CT molecular complexity index is 838. The molecule has 1 aromatic carbocycles. The van der Waals surface area contributed by atoms with Crippen molar-refractivity contribution in [2.75, 3.05) is 0 Å². The smallest absolute Gasteiger partial charge is 0.109 e. The molecule has 2 nitrogen and oxygen atoms in total. The minimum absolute atomic E-state index is 0.190. The van der Waals surface area contributed by atoms with Gasteiger partial charge in [-0.05, 0) is 98.4 Å². The average Bonchev–Trinajstić information content (AvgIpc) is 3.52. The Morgan fingerprint density at radius 1 is 1.03 bits per heavy atom. The molecule has 30 heavy (non-hydrogen) atoms. The van der Waals surface area contributed by atoms with E-state index in [0.717, 1.165) is 41.5 Å². The van der Waals surface area contributed by atoms with Gasteiger partial charge in [0.25, 0.3) is 0 Å². The molecule has 1 aromatic rings. The van der Waals surface area contributed by atoms with Crippen LogP contribution in [-0.4, -0.2) is 17.2 Å². The third kappa shape index (κ3) is 3.14. The highest BCUT2D eigenvalue weighted by Crippen LogP contribution is 2.74. The first-order valence-electron chi connectivity index (χ1n) is 12.5. The second-order valence-corrected chi connectivity index (χ2v) is 11.9. The van der Waals surface area contributed by atoms with Crippen molar-refractivity contribution in [2.45, 2.75) is 82.1 Å². The van der Waals surface area contributed by atoms with E-state index < -0.39 is 0 Å². The van der Waals surface area contributed by atoms with Crippen LogP contribution in [-0.2, 0) is 5.41 Å². The van der Waals surface area contributed by atoms with Crippen molar-refractivity contribution in [2.24, 2.45) is 45.7 Å². The number of nitrogens with two attached hydrogens (primary N) is 1. The van der Waals surface area contributed by atoms with Crippen molar-refractivity contribution in [1.29, 1.82) is 0 Å². The van der Waals surface area contributed by atoms with Gasteiger partial charge in [0, 0.05) is 17.7 Å². The summed E-state index contributed by atoms with van der Waals surface area (Å²) in [5.41, 5.74) is 8.21. The molecular weight excluding hydrogens is 384 g/mol. The van der Waals surface area contributed by atoms with Crippen LogP contribution >= 0.6 is 12.2 Å². The predicted molar refractivity (Wildman–Crippen MR) is 128 cm³/mol. The average molecular weight is 421 g/mol. The first kappa shape index (κ1) is 19.6.